The second-order valence-electron chi connectivity index (χ2n) is 6.17. The minimum Gasteiger partial charge on any atom is -0.352 e. The van der Waals surface area contributed by atoms with Crippen molar-refractivity contribution in [3.8, 4) is 0 Å². The van der Waals surface area contributed by atoms with Crippen LogP contribution in [0.2, 0.25) is 0 Å². The lowest BCUT2D eigenvalue weighted by molar-refractivity contribution is 0.0951. The van der Waals surface area contributed by atoms with Crippen LogP contribution in [0.15, 0.2) is 36.8 Å². The van der Waals surface area contributed by atoms with Gasteiger partial charge in [-0.1, -0.05) is 19.9 Å². The number of fused-ring (bicyclic) bond motifs is 1. The maximum atomic E-state index is 12.5. The summed E-state index contributed by atoms with van der Waals surface area (Å²) < 4.78 is 2.20. The van der Waals surface area contributed by atoms with Crippen LogP contribution in [0.25, 0.3) is 0 Å². The number of aromatic nitrogens is 2. The molecule has 6 heteroatoms. The van der Waals surface area contributed by atoms with Gasteiger partial charge in [-0.05, 0) is 38.2 Å². The molecule has 2 aromatic heterocycles. The first-order chi connectivity index (χ1) is 12.2. The Morgan fingerprint density at radius 3 is 2.96 bits per heavy atom. The number of nitrogens with zero attached hydrogens (tertiary/aromatic N) is 3. The summed E-state index contributed by atoms with van der Waals surface area (Å²) in [6.45, 7) is 8.21. The normalized spacial score (nSPS) is 16.2. The molecule has 1 atom stereocenters. The van der Waals surface area contributed by atoms with Crippen molar-refractivity contribution in [1.29, 1.82) is 0 Å². The topological polar surface area (TPSA) is 50.2 Å². The van der Waals surface area contributed by atoms with E-state index in [1.807, 2.05) is 36.3 Å². The van der Waals surface area contributed by atoms with Crippen LogP contribution in [0.4, 0.5) is 0 Å². The summed E-state index contributed by atoms with van der Waals surface area (Å²) in [6.07, 6.45) is 6.70. The summed E-state index contributed by atoms with van der Waals surface area (Å²) in [5.41, 5.74) is 3.09. The maximum Gasteiger partial charge on any atom is 0.253 e. The zero-order valence-electron chi connectivity index (χ0n) is 14.9. The van der Waals surface area contributed by atoms with Crippen LogP contribution >= 0.6 is 11.8 Å². The average Bonchev–Trinajstić information content (AvgIpc) is 3.24. The molecule has 1 aliphatic heterocycles. The quantitative estimate of drug-likeness (QED) is 0.737. The molecule has 0 bridgehead atoms. The van der Waals surface area contributed by atoms with Crippen LogP contribution < -0.4 is 5.32 Å². The SMILES string of the molecule is CCN(CC)CCCNC(=O)c1ccn2c1CSC2c1cccnc1. The second-order valence-corrected chi connectivity index (χ2v) is 7.24. The van der Waals surface area contributed by atoms with E-state index in [1.54, 1.807) is 6.20 Å². The molecule has 3 heterocycles. The summed E-state index contributed by atoms with van der Waals surface area (Å²) in [7, 11) is 0. The molecule has 0 fully saturated rings. The molecule has 1 aliphatic rings. The molecule has 0 saturated heterocycles. The standard InChI is InChI=1S/C19H26N4OS/c1-3-22(4-2)11-6-10-21-18(24)16-8-12-23-17(16)14-25-19(23)15-7-5-9-20-13-15/h5,7-9,12-13,19H,3-4,6,10-11,14H2,1-2H3,(H,21,24). The van der Waals surface area contributed by atoms with E-state index >= 15 is 0 Å². The molecule has 1 amide bonds. The van der Waals surface area contributed by atoms with Gasteiger partial charge in [0.1, 0.15) is 5.37 Å². The van der Waals surface area contributed by atoms with Crippen LogP contribution in [0, 0.1) is 0 Å². The lowest BCUT2D eigenvalue weighted by Crippen LogP contribution is -2.30. The van der Waals surface area contributed by atoms with E-state index < -0.39 is 0 Å². The summed E-state index contributed by atoms with van der Waals surface area (Å²) >= 11 is 1.84. The van der Waals surface area contributed by atoms with Crippen molar-refractivity contribution in [2.45, 2.75) is 31.4 Å². The van der Waals surface area contributed by atoms with Gasteiger partial charge >= 0.3 is 0 Å². The number of carbonyl (C=O) groups excluding carboxylic acids is 1. The first kappa shape index (κ1) is 18.0. The summed E-state index contributed by atoms with van der Waals surface area (Å²) in [5, 5.41) is 3.29. The number of nitrogens with one attached hydrogen (secondary N) is 1. The molecule has 0 aliphatic carbocycles. The van der Waals surface area contributed by atoms with E-state index in [0.717, 1.165) is 49.6 Å². The Bertz CT molecular complexity index is 697. The number of amides is 1. The summed E-state index contributed by atoms with van der Waals surface area (Å²) in [6, 6.07) is 5.99. The minimum atomic E-state index is 0.0423. The maximum absolute atomic E-state index is 12.5. The Hall–Kier alpha value is -1.79. The van der Waals surface area contributed by atoms with E-state index in [9.17, 15) is 4.79 Å². The highest BCUT2D eigenvalue weighted by Crippen LogP contribution is 2.41. The number of carbonyl (C=O) groups is 1. The van der Waals surface area contributed by atoms with Crippen molar-refractivity contribution in [3.63, 3.8) is 0 Å². The van der Waals surface area contributed by atoms with Crippen molar-refractivity contribution in [2.75, 3.05) is 26.2 Å². The molecule has 0 radical (unpaired) electrons. The Balaban J connectivity index is 1.59. The van der Waals surface area contributed by atoms with Crippen LogP contribution in [0.5, 0.6) is 0 Å². The van der Waals surface area contributed by atoms with Gasteiger partial charge in [-0.15, -0.1) is 11.8 Å². The largest absolute Gasteiger partial charge is 0.352 e. The van der Waals surface area contributed by atoms with Crippen LogP contribution in [-0.4, -0.2) is 46.5 Å². The fourth-order valence-electron chi connectivity index (χ4n) is 3.22. The molecule has 1 unspecified atom stereocenters. The Morgan fingerprint density at radius 2 is 2.24 bits per heavy atom. The third-order valence-corrected chi connectivity index (χ3v) is 5.96. The van der Waals surface area contributed by atoms with Gasteiger partial charge in [0.15, 0.2) is 0 Å². The van der Waals surface area contributed by atoms with Crippen molar-refractivity contribution >= 4 is 17.7 Å². The first-order valence-corrected chi connectivity index (χ1v) is 10.0. The van der Waals surface area contributed by atoms with Crippen LogP contribution in [0.1, 0.15) is 47.3 Å². The van der Waals surface area contributed by atoms with Crippen molar-refractivity contribution in [3.05, 3.63) is 53.6 Å². The lowest BCUT2D eigenvalue weighted by atomic mass is 10.2. The van der Waals surface area contributed by atoms with E-state index in [-0.39, 0.29) is 11.3 Å². The molecule has 0 saturated carbocycles. The number of hydrogen-bond donors (Lipinski definition) is 1. The highest BCUT2D eigenvalue weighted by atomic mass is 32.2. The molecule has 2 aromatic rings. The van der Waals surface area contributed by atoms with Crippen molar-refractivity contribution in [2.24, 2.45) is 0 Å². The van der Waals surface area contributed by atoms with Gasteiger partial charge in [-0.25, -0.2) is 0 Å². The number of rotatable bonds is 8. The first-order valence-electron chi connectivity index (χ1n) is 8.96. The van der Waals surface area contributed by atoms with Gasteiger partial charge in [-0.3, -0.25) is 9.78 Å². The third-order valence-electron chi connectivity index (χ3n) is 4.70. The van der Waals surface area contributed by atoms with Crippen molar-refractivity contribution in [1.82, 2.24) is 19.8 Å². The zero-order valence-corrected chi connectivity index (χ0v) is 15.8. The zero-order chi connectivity index (χ0) is 17.6. The third kappa shape index (κ3) is 4.07. The highest BCUT2D eigenvalue weighted by molar-refractivity contribution is 7.99. The second kappa shape index (κ2) is 8.54. The van der Waals surface area contributed by atoms with E-state index in [0.29, 0.717) is 0 Å². The fraction of sp³-hybridized carbons (Fsp3) is 0.474. The molecule has 0 spiro atoms. The molecule has 5 nitrogen and oxygen atoms in total. The molecule has 25 heavy (non-hydrogen) atoms. The Kier molecular flexibility index (Phi) is 6.15. The predicted octanol–water partition coefficient (Wildman–Crippen LogP) is 3.14. The number of thioether (sulfide) groups is 1. The number of hydrogen-bond acceptors (Lipinski definition) is 4. The summed E-state index contributed by atoms with van der Waals surface area (Å²) in [5.74, 6) is 0.898. The molecule has 3 rings (SSSR count). The Morgan fingerprint density at radius 1 is 1.40 bits per heavy atom. The van der Waals surface area contributed by atoms with Gasteiger partial charge in [0.05, 0.1) is 5.56 Å². The molecule has 0 aromatic carbocycles. The average molecular weight is 359 g/mol. The molecular formula is C19H26N4OS. The fourth-order valence-corrected chi connectivity index (χ4v) is 4.53. The minimum absolute atomic E-state index is 0.0423. The van der Waals surface area contributed by atoms with E-state index in [4.69, 9.17) is 0 Å². The highest BCUT2D eigenvalue weighted by Gasteiger charge is 2.28. The van der Waals surface area contributed by atoms with Gasteiger partial charge < -0.3 is 14.8 Å². The van der Waals surface area contributed by atoms with Crippen LogP contribution in [-0.2, 0) is 5.75 Å². The monoisotopic (exact) mass is 358 g/mol. The van der Waals surface area contributed by atoms with E-state index in [2.05, 4.69) is 39.7 Å². The Labute approximate surface area is 153 Å². The van der Waals surface area contributed by atoms with E-state index in [1.165, 1.54) is 5.56 Å². The van der Waals surface area contributed by atoms with Crippen LogP contribution in [0.3, 0.4) is 0 Å². The van der Waals surface area contributed by atoms with Gasteiger partial charge in [0.25, 0.3) is 5.91 Å². The predicted molar refractivity (Wildman–Crippen MR) is 103 cm³/mol. The lowest BCUT2D eigenvalue weighted by Gasteiger charge is -2.17. The van der Waals surface area contributed by atoms with Gasteiger partial charge in [-0.2, -0.15) is 0 Å². The number of pyridine rings is 1. The van der Waals surface area contributed by atoms with Crippen molar-refractivity contribution < 1.29 is 4.79 Å². The van der Waals surface area contributed by atoms with Gasteiger partial charge in [0.2, 0.25) is 0 Å². The van der Waals surface area contributed by atoms with Gasteiger partial charge in [0, 0.05) is 42.1 Å². The molecular weight excluding hydrogens is 332 g/mol. The molecule has 134 valence electrons. The smallest absolute Gasteiger partial charge is 0.253 e. The molecule has 1 N–H and O–H groups in total. The summed E-state index contributed by atoms with van der Waals surface area (Å²) in [4.78, 5) is 19.1.